The maximum atomic E-state index is 9.08. The molecule has 0 saturated carbocycles. The predicted molar refractivity (Wildman–Crippen MR) is 71.7 cm³/mol. The first-order valence-electron chi connectivity index (χ1n) is 5.03. The van der Waals surface area contributed by atoms with Crippen LogP contribution in [0.25, 0.3) is 10.6 Å². The van der Waals surface area contributed by atoms with E-state index in [1.807, 2.05) is 32.0 Å². The van der Waals surface area contributed by atoms with Crippen molar-refractivity contribution >= 4 is 27.3 Å². The summed E-state index contributed by atoms with van der Waals surface area (Å²) in [5.74, 6) is 0.557. The van der Waals surface area contributed by atoms with Gasteiger partial charge in [-0.3, -0.25) is 0 Å². The van der Waals surface area contributed by atoms with Gasteiger partial charge in [0.2, 0.25) is 0 Å². The molecule has 0 fully saturated rings. The molecule has 86 valence electrons. The minimum absolute atomic E-state index is 0.557. The number of hydrogen-bond donors (Lipinski definition) is 0. The summed E-state index contributed by atoms with van der Waals surface area (Å²) in [5, 5.41) is 9.08. The number of halogens is 1. The number of nitriles is 1. The zero-order valence-corrected chi connectivity index (χ0v) is 11.8. The molecule has 0 atom stereocenters. The van der Waals surface area contributed by atoms with Gasteiger partial charge in [-0.15, -0.1) is 11.3 Å². The van der Waals surface area contributed by atoms with Crippen molar-refractivity contribution in [2.75, 3.05) is 0 Å². The van der Waals surface area contributed by atoms with Gasteiger partial charge in [-0.2, -0.15) is 5.26 Å². The molecule has 0 aliphatic heterocycles. The summed E-state index contributed by atoms with van der Waals surface area (Å²) in [7, 11) is 0. The summed E-state index contributed by atoms with van der Waals surface area (Å²) in [5.41, 5.74) is 0.193. The van der Waals surface area contributed by atoms with Gasteiger partial charge in [-0.1, -0.05) is 0 Å². The minimum Gasteiger partial charge on any atom is -0.240 e. The molecule has 0 radical (unpaired) electrons. The van der Waals surface area contributed by atoms with Crippen molar-refractivity contribution in [2.24, 2.45) is 0 Å². The van der Waals surface area contributed by atoms with E-state index in [1.165, 1.54) is 0 Å². The van der Waals surface area contributed by atoms with E-state index in [-0.39, 0.29) is 0 Å². The Morgan fingerprint density at radius 3 is 2.71 bits per heavy atom. The van der Waals surface area contributed by atoms with Gasteiger partial charge in [0, 0.05) is 6.20 Å². The zero-order chi connectivity index (χ0) is 12.5. The Labute approximate surface area is 112 Å². The van der Waals surface area contributed by atoms with E-state index in [4.69, 9.17) is 5.26 Å². The normalized spacial score (nSPS) is 11.2. The fraction of sp³-hybridized carbons (Fsp3) is 0.250. The summed E-state index contributed by atoms with van der Waals surface area (Å²) in [6.07, 6.45) is 1.70. The SMILES string of the molecule is CC(C)(C#N)c1nccc(-c2ccc(Br)s2)n1. The highest BCUT2D eigenvalue weighted by Gasteiger charge is 2.23. The number of rotatable bonds is 2. The molecule has 0 saturated heterocycles. The lowest BCUT2D eigenvalue weighted by atomic mass is 9.95. The first kappa shape index (κ1) is 12.2. The highest BCUT2D eigenvalue weighted by Crippen LogP contribution is 2.30. The van der Waals surface area contributed by atoms with Crippen LogP contribution in [0.2, 0.25) is 0 Å². The average molecular weight is 308 g/mol. The Kier molecular flexibility index (Phi) is 3.27. The van der Waals surface area contributed by atoms with Gasteiger partial charge >= 0.3 is 0 Å². The van der Waals surface area contributed by atoms with E-state index >= 15 is 0 Å². The lowest BCUT2D eigenvalue weighted by Gasteiger charge is -2.13. The quantitative estimate of drug-likeness (QED) is 0.848. The van der Waals surface area contributed by atoms with Gasteiger partial charge in [-0.25, -0.2) is 9.97 Å². The zero-order valence-electron chi connectivity index (χ0n) is 9.44. The van der Waals surface area contributed by atoms with Crippen molar-refractivity contribution in [3.63, 3.8) is 0 Å². The Bertz CT molecular complexity index is 583. The smallest absolute Gasteiger partial charge is 0.148 e. The maximum absolute atomic E-state index is 9.08. The second-order valence-corrected chi connectivity index (χ2v) is 6.57. The largest absolute Gasteiger partial charge is 0.240 e. The summed E-state index contributed by atoms with van der Waals surface area (Å²) >= 11 is 5.04. The average Bonchev–Trinajstić information content (AvgIpc) is 2.76. The second-order valence-electron chi connectivity index (χ2n) is 4.11. The summed E-state index contributed by atoms with van der Waals surface area (Å²) in [6, 6.07) is 8.05. The van der Waals surface area contributed by atoms with Gasteiger partial charge in [-0.05, 0) is 48.0 Å². The maximum Gasteiger partial charge on any atom is 0.148 e. The lowest BCUT2D eigenvalue weighted by molar-refractivity contribution is 0.630. The highest BCUT2D eigenvalue weighted by atomic mass is 79.9. The molecule has 0 N–H and O–H groups in total. The third-order valence-corrected chi connectivity index (χ3v) is 3.97. The van der Waals surface area contributed by atoms with E-state index in [2.05, 4.69) is 32.0 Å². The van der Waals surface area contributed by atoms with Crippen LogP contribution in [0.1, 0.15) is 19.7 Å². The van der Waals surface area contributed by atoms with Gasteiger partial charge in [0.25, 0.3) is 0 Å². The molecule has 0 spiro atoms. The summed E-state index contributed by atoms with van der Waals surface area (Å²) in [6.45, 7) is 3.63. The Morgan fingerprint density at radius 2 is 2.12 bits per heavy atom. The molecule has 3 nitrogen and oxygen atoms in total. The first-order valence-corrected chi connectivity index (χ1v) is 6.64. The van der Waals surface area contributed by atoms with Crippen LogP contribution in [0, 0.1) is 11.3 Å². The van der Waals surface area contributed by atoms with Crippen LogP contribution in [0.4, 0.5) is 0 Å². The molecule has 0 amide bonds. The third-order valence-electron chi connectivity index (χ3n) is 2.32. The molecule has 0 unspecified atom stereocenters. The summed E-state index contributed by atoms with van der Waals surface area (Å²) in [4.78, 5) is 9.69. The van der Waals surface area contributed by atoms with Crippen molar-refractivity contribution in [3.8, 4) is 16.6 Å². The Hall–Kier alpha value is -1.25. The molecule has 2 aromatic heterocycles. The van der Waals surface area contributed by atoms with Crippen LogP contribution in [0.5, 0.6) is 0 Å². The fourth-order valence-corrected chi connectivity index (χ4v) is 2.65. The van der Waals surface area contributed by atoms with Crippen LogP contribution in [0.3, 0.4) is 0 Å². The van der Waals surface area contributed by atoms with E-state index < -0.39 is 5.41 Å². The van der Waals surface area contributed by atoms with Crippen molar-refractivity contribution in [2.45, 2.75) is 19.3 Å². The standard InChI is InChI=1S/C12H10BrN3S/c1-12(2,7-14)11-15-6-5-8(16-11)9-3-4-10(13)17-9/h3-6H,1-2H3. The third kappa shape index (κ3) is 2.54. The van der Waals surface area contributed by atoms with Crippen LogP contribution in [-0.2, 0) is 5.41 Å². The number of aromatic nitrogens is 2. The Morgan fingerprint density at radius 1 is 1.35 bits per heavy atom. The van der Waals surface area contributed by atoms with Gasteiger partial charge < -0.3 is 0 Å². The van der Waals surface area contributed by atoms with E-state index in [0.717, 1.165) is 14.4 Å². The van der Waals surface area contributed by atoms with Crippen molar-refractivity contribution in [1.82, 2.24) is 9.97 Å². The lowest BCUT2D eigenvalue weighted by Crippen LogP contribution is -2.18. The number of hydrogen-bond acceptors (Lipinski definition) is 4. The molecular weight excluding hydrogens is 298 g/mol. The second kappa shape index (κ2) is 4.55. The molecule has 2 rings (SSSR count). The molecule has 2 heterocycles. The number of thiophene rings is 1. The molecule has 0 bridgehead atoms. The van der Waals surface area contributed by atoms with Crippen molar-refractivity contribution < 1.29 is 0 Å². The summed E-state index contributed by atoms with van der Waals surface area (Å²) < 4.78 is 1.06. The topological polar surface area (TPSA) is 49.6 Å². The molecule has 0 aliphatic rings. The van der Waals surface area contributed by atoms with Crippen LogP contribution in [-0.4, -0.2) is 9.97 Å². The van der Waals surface area contributed by atoms with Crippen LogP contribution < -0.4 is 0 Å². The van der Waals surface area contributed by atoms with E-state index in [1.54, 1.807) is 17.5 Å². The highest BCUT2D eigenvalue weighted by molar-refractivity contribution is 9.11. The molecule has 5 heteroatoms. The predicted octanol–water partition coefficient (Wildman–Crippen LogP) is 3.77. The molecule has 2 aromatic rings. The first-order chi connectivity index (χ1) is 8.03. The fourth-order valence-electron chi connectivity index (χ4n) is 1.30. The van der Waals surface area contributed by atoms with Crippen LogP contribution in [0.15, 0.2) is 28.2 Å². The van der Waals surface area contributed by atoms with Gasteiger partial charge in [0.15, 0.2) is 0 Å². The molecular formula is C12H10BrN3S. The van der Waals surface area contributed by atoms with Crippen molar-refractivity contribution in [1.29, 1.82) is 5.26 Å². The van der Waals surface area contributed by atoms with Gasteiger partial charge in [0.1, 0.15) is 11.2 Å². The van der Waals surface area contributed by atoms with Gasteiger partial charge in [0.05, 0.1) is 20.4 Å². The minimum atomic E-state index is -0.662. The van der Waals surface area contributed by atoms with E-state index in [0.29, 0.717) is 5.82 Å². The van der Waals surface area contributed by atoms with E-state index in [9.17, 15) is 0 Å². The molecule has 0 aromatic carbocycles. The molecule has 0 aliphatic carbocycles. The van der Waals surface area contributed by atoms with Crippen molar-refractivity contribution in [3.05, 3.63) is 34.0 Å². The molecule has 17 heavy (non-hydrogen) atoms. The monoisotopic (exact) mass is 307 g/mol. The number of nitrogens with zero attached hydrogens (tertiary/aromatic N) is 3. The van der Waals surface area contributed by atoms with Crippen LogP contribution >= 0.6 is 27.3 Å². The Balaban J connectivity index is 2.46.